The SMILES string of the molecule is CCOC(=O)N1CCCC1C1CCN(C2CC3(CCN(C(=O)O)C3)C2)CC1. The second-order valence-electron chi connectivity index (χ2n) is 8.99. The number of rotatable bonds is 3. The van der Waals surface area contributed by atoms with E-state index in [0.29, 0.717) is 31.2 Å². The molecule has 1 spiro atoms. The van der Waals surface area contributed by atoms with Gasteiger partial charge in [0.1, 0.15) is 0 Å². The lowest BCUT2D eigenvalue weighted by atomic mass is 9.64. The predicted octanol–water partition coefficient (Wildman–Crippen LogP) is 2.85. The van der Waals surface area contributed by atoms with E-state index in [9.17, 15) is 14.7 Å². The second kappa shape index (κ2) is 7.49. The van der Waals surface area contributed by atoms with Crippen LogP contribution in [0.25, 0.3) is 0 Å². The molecule has 1 N–H and O–H groups in total. The predicted molar refractivity (Wildman–Crippen MR) is 101 cm³/mol. The molecule has 0 radical (unpaired) electrons. The van der Waals surface area contributed by atoms with E-state index in [1.807, 2.05) is 11.8 Å². The van der Waals surface area contributed by atoms with E-state index in [1.54, 1.807) is 4.90 Å². The highest BCUT2D eigenvalue weighted by Gasteiger charge is 2.51. The number of hydrogen-bond acceptors (Lipinski definition) is 4. The van der Waals surface area contributed by atoms with Crippen LogP contribution in [0.4, 0.5) is 9.59 Å². The minimum Gasteiger partial charge on any atom is -0.465 e. The molecule has 1 atom stereocenters. The third-order valence-corrected chi connectivity index (χ3v) is 7.48. The Morgan fingerprint density at radius 3 is 2.48 bits per heavy atom. The van der Waals surface area contributed by atoms with Crippen LogP contribution in [-0.4, -0.2) is 83.4 Å². The van der Waals surface area contributed by atoms with Gasteiger partial charge < -0.3 is 24.5 Å². The van der Waals surface area contributed by atoms with Crippen LogP contribution in [0.5, 0.6) is 0 Å². The van der Waals surface area contributed by atoms with Gasteiger partial charge in [-0.3, -0.25) is 0 Å². The lowest BCUT2D eigenvalue weighted by Gasteiger charge is -2.52. The lowest BCUT2D eigenvalue weighted by molar-refractivity contribution is -0.0152. The summed E-state index contributed by atoms with van der Waals surface area (Å²) in [7, 11) is 0. The summed E-state index contributed by atoms with van der Waals surface area (Å²) in [6, 6.07) is 0.988. The smallest absolute Gasteiger partial charge is 0.410 e. The molecule has 4 fully saturated rings. The zero-order valence-electron chi connectivity index (χ0n) is 16.4. The highest BCUT2D eigenvalue weighted by molar-refractivity contribution is 5.68. The minimum atomic E-state index is -0.765. The normalized spacial score (nSPS) is 34.9. The van der Waals surface area contributed by atoms with Crippen molar-refractivity contribution in [2.45, 2.75) is 64.0 Å². The van der Waals surface area contributed by atoms with Gasteiger partial charge in [0.25, 0.3) is 0 Å². The van der Waals surface area contributed by atoms with Gasteiger partial charge in [0.2, 0.25) is 0 Å². The van der Waals surface area contributed by atoms with Crippen molar-refractivity contribution in [2.75, 3.05) is 39.3 Å². The molecule has 1 aliphatic carbocycles. The third-order valence-electron chi connectivity index (χ3n) is 7.48. The van der Waals surface area contributed by atoms with Crippen molar-refractivity contribution < 1.29 is 19.4 Å². The van der Waals surface area contributed by atoms with E-state index in [2.05, 4.69) is 4.90 Å². The number of piperidine rings is 1. The molecule has 0 aromatic carbocycles. The molecule has 3 saturated heterocycles. The van der Waals surface area contributed by atoms with E-state index in [4.69, 9.17) is 4.74 Å². The number of carbonyl (C=O) groups is 2. The van der Waals surface area contributed by atoms with Crippen LogP contribution in [0, 0.1) is 11.3 Å². The second-order valence-corrected chi connectivity index (χ2v) is 8.99. The van der Waals surface area contributed by atoms with Gasteiger partial charge in [-0.1, -0.05) is 0 Å². The first-order chi connectivity index (χ1) is 13.0. The molecule has 7 heteroatoms. The van der Waals surface area contributed by atoms with Crippen molar-refractivity contribution in [3.8, 4) is 0 Å². The van der Waals surface area contributed by atoms with E-state index in [1.165, 1.54) is 0 Å². The molecule has 3 aliphatic heterocycles. The third kappa shape index (κ3) is 3.62. The fourth-order valence-electron chi connectivity index (χ4n) is 6.01. The number of carboxylic acid groups (broad SMARTS) is 1. The highest BCUT2D eigenvalue weighted by atomic mass is 16.6. The Labute approximate surface area is 161 Å². The maximum atomic E-state index is 12.2. The zero-order valence-corrected chi connectivity index (χ0v) is 16.4. The van der Waals surface area contributed by atoms with Gasteiger partial charge in [-0.05, 0) is 76.3 Å². The summed E-state index contributed by atoms with van der Waals surface area (Å²) in [5, 5.41) is 9.19. The first kappa shape index (κ1) is 18.8. The molecule has 2 amide bonds. The van der Waals surface area contributed by atoms with E-state index >= 15 is 0 Å². The Hall–Kier alpha value is -1.50. The molecule has 152 valence electrons. The average molecular weight is 380 g/mol. The Kier molecular flexibility index (Phi) is 5.23. The van der Waals surface area contributed by atoms with Crippen LogP contribution in [0.2, 0.25) is 0 Å². The molecule has 7 nitrogen and oxygen atoms in total. The topological polar surface area (TPSA) is 73.3 Å². The summed E-state index contributed by atoms with van der Waals surface area (Å²) in [5.74, 6) is 0.594. The summed E-state index contributed by atoms with van der Waals surface area (Å²) < 4.78 is 5.24. The Balaban J connectivity index is 1.24. The van der Waals surface area contributed by atoms with Crippen LogP contribution in [0.15, 0.2) is 0 Å². The fourth-order valence-corrected chi connectivity index (χ4v) is 6.01. The van der Waals surface area contributed by atoms with Gasteiger partial charge in [-0.25, -0.2) is 9.59 Å². The summed E-state index contributed by atoms with van der Waals surface area (Å²) in [5.41, 5.74) is 0.256. The number of carbonyl (C=O) groups excluding carboxylic acids is 1. The van der Waals surface area contributed by atoms with Crippen molar-refractivity contribution in [2.24, 2.45) is 11.3 Å². The molecule has 1 unspecified atom stereocenters. The quantitative estimate of drug-likeness (QED) is 0.816. The largest absolute Gasteiger partial charge is 0.465 e. The maximum Gasteiger partial charge on any atom is 0.410 e. The molecule has 1 saturated carbocycles. The van der Waals surface area contributed by atoms with Gasteiger partial charge >= 0.3 is 12.2 Å². The Bertz CT molecular complexity index is 570. The van der Waals surface area contributed by atoms with Crippen LogP contribution in [-0.2, 0) is 4.74 Å². The van der Waals surface area contributed by atoms with Crippen molar-refractivity contribution >= 4 is 12.2 Å². The van der Waals surface area contributed by atoms with Gasteiger partial charge in [0.05, 0.1) is 6.61 Å². The molecule has 27 heavy (non-hydrogen) atoms. The number of ether oxygens (including phenoxy) is 1. The van der Waals surface area contributed by atoms with Crippen molar-refractivity contribution in [3.63, 3.8) is 0 Å². The molecular formula is C20H33N3O4. The molecule has 4 aliphatic rings. The number of likely N-dealkylation sites (tertiary alicyclic amines) is 3. The fraction of sp³-hybridized carbons (Fsp3) is 0.900. The standard InChI is InChI=1S/C20H33N3O4/c1-2-27-19(26)23-8-3-4-17(23)15-5-9-21(10-6-15)16-12-20(13-16)7-11-22(14-20)18(24)25/h15-17H,2-14H2,1H3,(H,24,25). The summed E-state index contributed by atoms with van der Waals surface area (Å²) in [6.07, 6.45) is 6.96. The molecule has 3 heterocycles. The number of amides is 2. The summed E-state index contributed by atoms with van der Waals surface area (Å²) in [6.45, 7) is 6.81. The van der Waals surface area contributed by atoms with Crippen LogP contribution in [0.3, 0.4) is 0 Å². The molecular weight excluding hydrogens is 346 g/mol. The molecule has 4 rings (SSSR count). The van der Waals surface area contributed by atoms with E-state index in [0.717, 1.165) is 71.1 Å². The van der Waals surface area contributed by atoms with Gasteiger partial charge in [0.15, 0.2) is 0 Å². The van der Waals surface area contributed by atoms with Crippen molar-refractivity contribution in [3.05, 3.63) is 0 Å². The molecule has 0 aromatic heterocycles. The number of nitrogens with zero attached hydrogens (tertiary/aromatic N) is 3. The highest BCUT2D eigenvalue weighted by Crippen LogP contribution is 2.50. The Morgan fingerprint density at radius 2 is 1.85 bits per heavy atom. The average Bonchev–Trinajstić information content (AvgIpc) is 3.28. The first-order valence-corrected chi connectivity index (χ1v) is 10.7. The van der Waals surface area contributed by atoms with Crippen LogP contribution < -0.4 is 0 Å². The van der Waals surface area contributed by atoms with E-state index < -0.39 is 6.09 Å². The van der Waals surface area contributed by atoms with Gasteiger partial charge in [0, 0.05) is 31.7 Å². The summed E-state index contributed by atoms with van der Waals surface area (Å²) >= 11 is 0. The van der Waals surface area contributed by atoms with E-state index in [-0.39, 0.29) is 11.5 Å². The lowest BCUT2D eigenvalue weighted by Crippen LogP contribution is -2.55. The van der Waals surface area contributed by atoms with Gasteiger partial charge in [-0.15, -0.1) is 0 Å². The monoisotopic (exact) mass is 379 g/mol. The van der Waals surface area contributed by atoms with Crippen LogP contribution >= 0.6 is 0 Å². The Morgan fingerprint density at radius 1 is 1.11 bits per heavy atom. The van der Waals surface area contributed by atoms with Crippen molar-refractivity contribution in [1.29, 1.82) is 0 Å². The van der Waals surface area contributed by atoms with Gasteiger partial charge in [-0.2, -0.15) is 0 Å². The number of hydrogen-bond donors (Lipinski definition) is 1. The molecule has 0 aromatic rings. The zero-order chi connectivity index (χ0) is 19.0. The minimum absolute atomic E-state index is 0.132. The maximum absolute atomic E-state index is 12.2. The first-order valence-electron chi connectivity index (χ1n) is 10.7. The summed E-state index contributed by atoms with van der Waals surface area (Å²) in [4.78, 5) is 29.5. The van der Waals surface area contributed by atoms with Crippen LogP contribution in [0.1, 0.15) is 51.9 Å². The molecule has 0 bridgehead atoms. The van der Waals surface area contributed by atoms with Crippen molar-refractivity contribution in [1.82, 2.24) is 14.7 Å².